The normalized spacial score (nSPS) is 13.6. The molecule has 0 bridgehead atoms. The highest BCUT2D eigenvalue weighted by Gasteiger charge is 2.24. The van der Waals surface area contributed by atoms with Crippen LogP contribution in [-0.2, 0) is 12.8 Å². The van der Waals surface area contributed by atoms with E-state index in [2.05, 4.69) is 10.1 Å². The number of nitro groups is 2. The van der Waals surface area contributed by atoms with Crippen molar-refractivity contribution < 1.29 is 15.0 Å². The molecule has 0 saturated carbocycles. The van der Waals surface area contributed by atoms with Crippen LogP contribution >= 0.6 is 11.3 Å². The number of rotatable bonds is 4. The first-order valence-electron chi connectivity index (χ1n) is 9.02. The highest BCUT2D eigenvalue weighted by molar-refractivity contribution is 7.18. The topological polar surface area (TPSA) is 154 Å². The first-order chi connectivity index (χ1) is 14.3. The summed E-state index contributed by atoms with van der Waals surface area (Å²) in [6.07, 6.45) is 4.73. The number of phenols is 1. The Hall–Kier alpha value is -3.67. The number of fused-ring (bicyclic) bond motifs is 3. The van der Waals surface area contributed by atoms with E-state index < -0.39 is 27.0 Å². The number of aryl methyl sites for hydroxylation is 3. The maximum atomic E-state index is 13.1. The highest BCUT2D eigenvalue weighted by atomic mass is 32.1. The zero-order valence-electron chi connectivity index (χ0n) is 15.7. The molecule has 0 aliphatic heterocycles. The van der Waals surface area contributed by atoms with E-state index in [-0.39, 0.29) is 11.1 Å². The lowest BCUT2D eigenvalue weighted by Crippen LogP contribution is -2.21. The molecule has 0 fully saturated rings. The van der Waals surface area contributed by atoms with Gasteiger partial charge in [-0.25, -0.2) is 4.98 Å². The van der Waals surface area contributed by atoms with Crippen LogP contribution in [0.1, 0.15) is 34.7 Å². The molecule has 1 aliphatic rings. The molecule has 2 aromatic heterocycles. The molecular formula is C18H15N5O6S. The Morgan fingerprint density at radius 1 is 1.23 bits per heavy atom. The number of nitro benzene ring substituents is 2. The highest BCUT2D eigenvalue weighted by Crippen LogP contribution is 2.34. The van der Waals surface area contributed by atoms with Crippen molar-refractivity contribution in [1.29, 1.82) is 0 Å². The molecule has 0 radical (unpaired) electrons. The van der Waals surface area contributed by atoms with Crippen LogP contribution in [0.3, 0.4) is 0 Å². The second-order valence-electron chi connectivity index (χ2n) is 6.83. The van der Waals surface area contributed by atoms with Crippen molar-refractivity contribution in [3.05, 3.63) is 64.5 Å². The molecule has 0 atom stereocenters. The molecule has 0 spiro atoms. The summed E-state index contributed by atoms with van der Waals surface area (Å²) in [7, 11) is 0. The zero-order valence-corrected chi connectivity index (χ0v) is 16.5. The maximum absolute atomic E-state index is 13.1. The molecule has 2 heterocycles. The van der Waals surface area contributed by atoms with E-state index in [1.165, 1.54) is 11.3 Å². The molecule has 30 heavy (non-hydrogen) atoms. The van der Waals surface area contributed by atoms with E-state index >= 15 is 0 Å². The monoisotopic (exact) mass is 429 g/mol. The van der Waals surface area contributed by atoms with Crippen molar-refractivity contribution in [3.63, 3.8) is 0 Å². The lowest BCUT2D eigenvalue weighted by atomic mass is 9.97. The third kappa shape index (κ3) is 3.20. The summed E-state index contributed by atoms with van der Waals surface area (Å²) in [5, 5.41) is 36.8. The zero-order chi connectivity index (χ0) is 21.6. The van der Waals surface area contributed by atoms with Gasteiger partial charge in [0.25, 0.3) is 11.2 Å². The number of aromatic nitrogens is 2. The lowest BCUT2D eigenvalue weighted by Gasteiger charge is -2.10. The third-order valence-electron chi connectivity index (χ3n) is 4.95. The van der Waals surface area contributed by atoms with Crippen LogP contribution in [0.4, 0.5) is 11.4 Å². The summed E-state index contributed by atoms with van der Waals surface area (Å²) < 4.78 is 1.04. The van der Waals surface area contributed by atoms with Gasteiger partial charge in [-0.3, -0.25) is 25.0 Å². The van der Waals surface area contributed by atoms with Gasteiger partial charge in [-0.2, -0.15) is 9.78 Å². The SMILES string of the molecule is Cc1nc2sc3c(c2c(=O)n1/N=C/c1cc([N+](=O)[O-])cc([N+](=O)[O-])c1O)CCCC3. The first kappa shape index (κ1) is 19.6. The van der Waals surface area contributed by atoms with E-state index in [4.69, 9.17) is 0 Å². The fraction of sp³-hybridized carbons (Fsp3) is 0.278. The average molecular weight is 429 g/mol. The Morgan fingerprint density at radius 2 is 1.97 bits per heavy atom. The second kappa shape index (κ2) is 7.30. The summed E-state index contributed by atoms with van der Waals surface area (Å²) >= 11 is 1.50. The Kier molecular flexibility index (Phi) is 4.78. The van der Waals surface area contributed by atoms with E-state index in [1.807, 2.05) is 0 Å². The molecule has 11 nitrogen and oxygen atoms in total. The predicted molar refractivity (Wildman–Crippen MR) is 110 cm³/mol. The van der Waals surface area contributed by atoms with Crippen LogP contribution in [0.2, 0.25) is 0 Å². The Balaban J connectivity index is 1.86. The molecule has 0 unspecified atom stereocenters. The summed E-state index contributed by atoms with van der Waals surface area (Å²) in [6, 6.07) is 1.61. The van der Waals surface area contributed by atoms with Crippen LogP contribution < -0.4 is 5.56 Å². The van der Waals surface area contributed by atoms with Crippen LogP contribution in [-0.4, -0.2) is 30.8 Å². The summed E-state index contributed by atoms with van der Waals surface area (Å²) in [4.78, 5) is 39.7. The minimum atomic E-state index is -0.928. The molecule has 12 heteroatoms. The van der Waals surface area contributed by atoms with Crippen molar-refractivity contribution in [2.45, 2.75) is 32.6 Å². The number of thiophene rings is 1. The van der Waals surface area contributed by atoms with Gasteiger partial charge in [-0.15, -0.1) is 11.3 Å². The van der Waals surface area contributed by atoms with Crippen molar-refractivity contribution in [2.24, 2.45) is 5.10 Å². The fourth-order valence-electron chi connectivity index (χ4n) is 3.52. The molecule has 0 amide bonds. The molecule has 1 N–H and O–H groups in total. The molecule has 3 aromatic rings. The molecule has 1 aromatic carbocycles. The largest absolute Gasteiger partial charge is 0.502 e. The minimum Gasteiger partial charge on any atom is -0.502 e. The van der Waals surface area contributed by atoms with Gasteiger partial charge in [0.15, 0.2) is 0 Å². The van der Waals surface area contributed by atoms with Crippen molar-refractivity contribution in [3.8, 4) is 5.75 Å². The quantitative estimate of drug-likeness (QED) is 0.380. The number of benzene rings is 1. The number of hydrogen-bond donors (Lipinski definition) is 1. The standard InChI is InChI=1S/C18H15N5O6S/c1-9-20-17-15(12-4-2-3-5-14(12)30-17)18(25)21(9)19-8-10-6-11(22(26)27)7-13(16(10)24)23(28)29/h6-8,24H,2-5H2,1H3/b19-8+. The van der Waals surface area contributed by atoms with E-state index in [0.29, 0.717) is 22.1 Å². The number of nitrogens with zero attached hydrogens (tertiary/aromatic N) is 5. The van der Waals surface area contributed by atoms with Crippen molar-refractivity contribution >= 4 is 39.1 Å². The maximum Gasteiger partial charge on any atom is 0.318 e. The van der Waals surface area contributed by atoms with Gasteiger partial charge in [0.1, 0.15) is 10.7 Å². The van der Waals surface area contributed by atoms with E-state index in [9.17, 15) is 30.1 Å². The molecule has 1 aliphatic carbocycles. The fourth-order valence-corrected chi connectivity index (χ4v) is 4.82. The number of hydrogen-bond acceptors (Lipinski definition) is 9. The van der Waals surface area contributed by atoms with Crippen molar-refractivity contribution in [2.75, 3.05) is 0 Å². The molecular weight excluding hydrogens is 414 g/mol. The van der Waals surface area contributed by atoms with E-state index in [0.717, 1.165) is 53.1 Å². The van der Waals surface area contributed by atoms with Gasteiger partial charge in [0.2, 0.25) is 5.75 Å². The van der Waals surface area contributed by atoms with E-state index in [1.54, 1.807) is 6.92 Å². The Bertz CT molecular complexity index is 1310. The second-order valence-corrected chi connectivity index (χ2v) is 7.91. The molecule has 154 valence electrons. The Morgan fingerprint density at radius 3 is 2.67 bits per heavy atom. The lowest BCUT2D eigenvalue weighted by molar-refractivity contribution is -0.394. The smallest absolute Gasteiger partial charge is 0.318 e. The van der Waals surface area contributed by atoms with Gasteiger partial charge in [-0.1, -0.05) is 0 Å². The first-order valence-corrected chi connectivity index (χ1v) is 9.83. The van der Waals surface area contributed by atoms with Gasteiger partial charge in [0, 0.05) is 10.9 Å². The van der Waals surface area contributed by atoms with Gasteiger partial charge in [0.05, 0.1) is 33.1 Å². The summed E-state index contributed by atoms with van der Waals surface area (Å²) in [5.41, 5.74) is -1.06. The Labute approximate surface area is 172 Å². The third-order valence-corrected chi connectivity index (χ3v) is 6.14. The van der Waals surface area contributed by atoms with Crippen LogP contribution in [0.5, 0.6) is 5.75 Å². The van der Waals surface area contributed by atoms with Crippen LogP contribution in [0.25, 0.3) is 10.2 Å². The predicted octanol–water partition coefficient (Wildman–Crippen LogP) is 3.05. The summed E-state index contributed by atoms with van der Waals surface area (Å²) in [6.45, 7) is 1.59. The van der Waals surface area contributed by atoms with Crippen molar-refractivity contribution in [1.82, 2.24) is 9.66 Å². The number of phenolic OH excluding ortho intramolecular Hbond substituents is 1. The average Bonchev–Trinajstić information content (AvgIpc) is 3.06. The molecule has 4 rings (SSSR count). The number of aromatic hydroxyl groups is 1. The number of non-ortho nitro benzene ring substituents is 1. The van der Waals surface area contributed by atoms with Gasteiger partial charge < -0.3 is 5.11 Å². The van der Waals surface area contributed by atoms with Gasteiger partial charge in [-0.05, 0) is 38.2 Å². The minimum absolute atomic E-state index is 0.255. The molecule has 0 saturated heterocycles. The summed E-state index contributed by atoms with van der Waals surface area (Å²) in [5.74, 6) is -0.483. The van der Waals surface area contributed by atoms with Gasteiger partial charge >= 0.3 is 5.69 Å². The van der Waals surface area contributed by atoms with Crippen LogP contribution in [0.15, 0.2) is 22.0 Å². The van der Waals surface area contributed by atoms with Crippen LogP contribution in [0, 0.1) is 27.2 Å².